The minimum Gasteiger partial charge on any atom is -0.370 e. The van der Waals surface area contributed by atoms with Crippen LogP contribution in [-0.2, 0) is 5.41 Å². The van der Waals surface area contributed by atoms with Gasteiger partial charge < -0.3 is 4.90 Å². The lowest BCUT2D eigenvalue weighted by Crippen LogP contribution is -2.36. The van der Waals surface area contributed by atoms with Crippen LogP contribution >= 0.6 is 11.8 Å². The molecule has 1 nitrogen and oxygen atoms in total. The number of fused-ring (bicyclic) bond motifs is 1. The summed E-state index contributed by atoms with van der Waals surface area (Å²) in [5.41, 5.74) is 3.13. The zero-order valence-electron chi connectivity index (χ0n) is 10.9. The Hall–Kier alpha value is -0.630. The third-order valence-electron chi connectivity index (χ3n) is 3.30. The van der Waals surface area contributed by atoms with E-state index in [9.17, 15) is 0 Å². The summed E-state index contributed by atoms with van der Waals surface area (Å²) < 4.78 is 0. The summed E-state index contributed by atoms with van der Waals surface area (Å²) in [6, 6.07) is 7.34. The molecule has 88 valence electrons. The molecule has 16 heavy (non-hydrogen) atoms. The van der Waals surface area contributed by atoms with Crippen LogP contribution in [0.25, 0.3) is 0 Å². The van der Waals surface area contributed by atoms with Crippen molar-refractivity contribution in [3.05, 3.63) is 23.8 Å². The molecule has 2 rings (SSSR count). The number of para-hydroxylation sites is 1. The van der Waals surface area contributed by atoms with Gasteiger partial charge in [0.2, 0.25) is 0 Å². The molecular formula is C14H21NS. The fraction of sp³-hybridized carbons (Fsp3) is 0.571. The second-order valence-corrected chi connectivity index (χ2v) is 6.74. The highest BCUT2D eigenvalue weighted by atomic mass is 32.2. The van der Waals surface area contributed by atoms with Crippen LogP contribution in [0.3, 0.4) is 0 Å². The average Bonchev–Trinajstić information content (AvgIpc) is 2.21. The smallest absolute Gasteiger partial charge is 0.0542 e. The van der Waals surface area contributed by atoms with E-state index < -0.39 is 0 Å². The van der Waals surface area contributed by atoms with Crippen LogP contribution in [0.4, 0.5) is 5.69 Å². The fourth-order valence-electron chi connectivity index (χ4n) is 2.15. The van der Waals surface area contributed by atoms with Crippen molar-refractivity contribution in [3.8, 4) is 0 Å². The second kappa shape index (κ2) is 3.99. The first-order valence-electron chi connectivity index (χ1n) is 5.90. The summed E-state index contributed by atoms with van der Waals surface area (Å²) >= 11 is 1.99. The Morgan fingerprint density at radius 1 is 1.31 bits per heavy atom. The monoisotopic (exact) mass is 235 g/mol. The van der Waals surface area contributed by atoms with E-state index in [-0.39, 0.29) is 5.41 Å². The third-order valence-corrected chi connectivity index (χ3v) is 4.59. The van der Waals surface area contributed by atoms with E-state index in [1.165, 1.54) is 21.9 Å². The number of nitrogens with zero attached hydrogens (tertiary/aromatic N) is 1. The van der Waals surface area contributed by atoms with E-state index in [1.807, 2.05) is 11.8 Å². The lowest BCUT2D eigenvalue weighted by Gasteiger charge is -2.37. The molecule has 0 amide bonds. The lowest BCUT2D eigenvalue weighted by atomic mass is 9.85. The molecule has 0 spiro atoms. The van der Waals surface area contributed by atoms with Gasteiger partial charge in [-0.05, 0) is 24.0 Å². The molecule has 0 radical (unpaired) electrons. The number of benzene rings is 1. The Morgan fingerprint density at radius 2 is 2.00 bits per heavy atom. The lowest BCUT2D eigenvalue weighted by molar-refractivity contribution is 0.582. The predicted octanol–water partition coefficient (Wildman–Crippen LogP) is 3.91. The van der Waals surface area contributed by atoms with Crippen LogP contribution in [0.15, 0.2) is 23.1 Å². The van der Waals surface area contributed by atoms with Crippen LogP contribution in [0.5, 0.6) is 0 Å². The number of hydrogen-bond acceptors (Lipinski definition) is 2. The standard InChI is InChI=1S/C14H21NS/c1-10-9-16-12-8-6-7-11(14(2,3)4)13(12)15(10)5/h6-8,10H,9H2,1-5H3. The summed E-state index contributed by atoms with van der Waals surface area (Å²) in [4.78, 5) is 3.87. The van der Waals surface area contributed by atoms with Gasteiger partial charge in [0, 0.05) is 23.7 Å². The van der Waals surface area contributed by atoms with Crippen molar-refractivity contribution in [2.45, 2.75) is 44.0 Å². The van der Waals surface area contributed by atoms with Crippen LogP contribution in [0.2, 0.25) is 0 Å². The molecule has 0 saturated carbocycles. The molecule has 1 aromatic carbocycles. The summed E-state index contributed by atoms with van der Waals surface area (Å²) in [6.07, 6.45) is 0. The van der Waals surface area contributed by atoms with Gasteiger partial charge in [-0.15, -0.1) is 11.8 Å². The summed E-state index contributed by atoms with van der Waals surface area (Å²) in [7, 11) is 2.22. The fourth-order valence-corrected chi connectivity index (χ4v) is 3.36. The minimum atomic E-state index is 0.219. The van der Waals surface area contributed by atoms with Gasteiger partial charge in [0.05, 0.1) is 5.69 Å². The van der Waals surface area contributed by atoms with E-state index in [0.29, 0.717) is 6.04 Å². The minimum absolute atomic E-state index is 0.219. The van der Waals surface area contributed by atoms with E-state index in [4.69, 9.17) is 0 Å². The van der Waals surface area contributed by atoms with Gasteiger partial charge in [0.25, 0.3) is 0 Å². The van der Waals surface area contributed by atoms with Gasteiger partial charge in [-0.1, -0.05) is 32.9 Å². The van der Waals surface area contributed by atoms with Gasteiger partial charge in [-0.25, -0.2) is 0 Å². The maximum Gasteiger partial charge on any atom is 0.0542 e. The van der Waals surface area contributed by atoms with E-state index in [0.717, 1.165) is 0 Å². The molecule has 0 N–H and O–H groups in total. The van der Waals surface area contributed by atoms with Crippen molar-refractivity contribution in [2.75, 3.05) is 17.7 Å². The number of thioether (sulfide) groups is 1. The summed E-state index contributed by atoms with van der Waals surface area (Å²) in [5, 5.41) is 0. The molecule has 1 heterocycles. The maximum atomic E-state index is 2.44. The Balaban J connectivity index is 2.57. The zero-order chi connectivity index (χ0) is 11.9. The molecule has 1 aliphatic rings. The molecule has 0 fully saturated rings. The topological polar surface area (TPSA) is 3.24 Å². The van der Waals surface area contributed by atoms with Crippen LogP contribution in [0, 0.1) is 0 Å². The second-order valence-electron chi connectivity index (χ2n) is 5.67. The first-order valence-corrected chi connectivity index (χ1v) is 6.89. The van der Waals surface area contributed by atoms with E-state index in [2.05, 4.69) is 57.8 Å². The normalized spacial score (nSPS) is 20.8. The predicted molar refractivity (Wildman–Crippen MR) is 73.7 cm³/mol. The molecule has 1 aliphatic heterocycles. The molecule has 0 aliphatic carbocycles. The first kappa shape index (κ1) is 11.8. The SMILES string of the molecule is CC1CSc2cccc(C(C)(C)C)c2N1C. The highest BCUT2D eigenvalue weighted by Crippen LogP contribution is 2.42. The first-order chi connectivity index (χ1) is 7.41. The number of anilines is 1. The molecule has 0 aromatic heterocycles. The molecule has 2 heteroatoms. The van der Waals surface area contributed by atoms with Crippen molar-refractivity contribution < 1.29 is 0 Å². The van der Waals surface area contributed by atoms with Crippen molar-refractivity contribution in [2.24, 2.45) is 0 Å². The number of rotatable bonds is 0. The van der Waals surface area contributed by atoms with Gasteiger partial charge in [-0.2, -0.15) is 0 Å². The molecule has 1 aromatic rings. The highest BCUT2D eigenvalue weighted by Gasteiger charge is 2.27. The van der Waals surface area contributed by atoms with Gasteiger partial charge in [0.1, 0.15) is 0 Å². The van der Waals surface area contributed by atoms with Gasteiger partial charge in [0.15, 0.2) is 0 Å². The molecule has 0 bridgehead atoms. The Kier molecular flexibility index (Phi) is 2.95. The van der Waals surface area contributed by atoms with Crippen molar-refractivity contribution >= 4 is 17.4 Å². The molecule has 0 saturated heterocycles. The summed E-state index contributed by atoms with van der Waals surface area (Å²) in [5.74, 6) is 1.19. The number of hydrogen-bond donors (Lipinski definition) is 0. The quantitative estimate of drug-likeness (QED) is 0.670. The summed E-state index contributed by atoms with van der Waals surface area (Å²) in [6.45, 7) is 9.18. The molecule has 1 atom stereocenters. The molecule has 1 unspecified atom stereocenters. The average molecular weight is 235 g/mol. The van der Waals surface area contributed by atoms with Crippen LogP contribution in [0.1, 0.15) is 33.3 Å². The largest absolute Gasteiger partial charge is 0.370 e. The van der Waals surface area contributed by atoms with Crippen LogP contribution < -0.4 is 4.90 Å². The molecular weight excluding hydrogens is 214 g/mol. The Labute approximate surface area is 103 Å². The zero-order valence-corrected chi connectivity index (χ0v) is 11.7. The van der Waals surface area contributed by atoms with Crippen molar-refractivity contribution in [1.82, 2.24) is 0 Å². The van der Waals surface area contributed by atoms with Crippen LogP contribution in [-0.4, -0.2) is 18.8 Å². The highest BCUT2D eigenvalue weighted by molar-refractivity contribution is 7.99. The van der Waals surface area contributed by atoms with Gasteiger partial charge >= 0.3 is 0 Å². The Morgan fingerprint density at radius 3 is 2.62 bits per heavy atom. The van der Waals surface area contributed by atoms with E-state index in [1.54, 1.807) is 0 Å². The van der Waals surface area contributed by atoms with Gasteiger partial charge in [-0.3, -0.25) is 0 Å². The van der Waals surface area contributed by atoms with Crippen molar-refractivity contribution in [3.63, 3.8) is 0 Å². The third kappa shape index (κ3) is 1.95. The Bertz CT molecular complexity index is 392. The maximum absolute atomic E-state index is 2.44. The van der Waals surface area contributed by atoms with Crippen molar-refractivity contribution in [1.29, 1.82) is 0 Å². The van der Waals surface area contributed by atoms with E-state index >= 15 is 0 Å².